The Kier molecular flexibility index (Phi) is 3.88. The monoisotopic (exact) mass is 296 g/mol. The number of nitrogens with zero attached hydrogens (tertiary/aromatic N) is 2. The fraction of sp³-hybridized carbons (Fsp3) is 0.118. The Morgan fingerprint density at radius 1 is 0.905 bits per heavy atom. The Balaban J connectivity index is 1.77. The molecule has 4 heteroatoms. The second-order valence-corrected chi connectivity index (χ2v) is 5.69. The van der Waals surface area contributed by atoms with Crippen LogP contribution in [0.15, 0.2) is 60.0 Å². The van der Waals surface area contributed by atoms with E-state index in [1.165, 1.54) is 0 Å². The summed E-state index contributed by atoms with van der Waals surface area (Å²) in [6.07, 6.45) is 0. The Labute approximate surface area is 128 Å². The van der Waals surface area contributed by atoms with Crippen molar-refractivity contribution in [3.8, 4) is 22.8 Å². The lowest BCUT2D eigenvalue weighted by atomic mass is 10.2. The molecule has 1 aromatic heterocycles. The van der Waals surface area contributed by atoms with E-state index in [-0.39, 0.29) is 0 Å². The molecule has 0 radical (unpaired) electrons. The van der Waals surface area contributed by atoms with Gasteiger partial charge in [0.1, 0.15) is 11.5 Å². The summed E-state index contributed by atoms with van der Waals surface area (Å²) in [6, 6.07) is 17.8. The van der Waals surface area contributed by atoms with Crippen LogP contribution in [-0.2, 0) is 0 Å². The van der Waals surface area contributed by atoms with E-state index in [2.05, 4.69) is 10.4 Å². The highest BCUT2D eigenvalue weighted by atomic mass is 32.1. The molecule has 106 valence electrons. The molecule has 0 atom stereocenters. The van der Waals surface area contributed by atoms with Gasteiger partial charge in [-0.05, 0) is 36.4 Å². The lowest BCUT2D eigenvalue weighted by molar-refractivity contribution is 0.483. The third kappa shape index (κ3) is 3.23. The van der Waals surface area contributed by atoms with Gasteiger partial charge < -0.3 is 9.64 Å². The van der Waals surface area contributed by atoms with Crippen molar-refractivity contribution in [1.82, 2.24) is 4.98 Å². The van der Waals surface area contributed by atoms with E-state index in [4.69, 9.17) is 4.74 Å². The first-order valence-corrected chi connectivity index (χ1v) is 7.56. The van der Waals surface area contributed by atoms with E-state index in [0.29, 0.717) is 0 Å². The average Bonchev–Trinajstić information content (AvgIpc) is 2.99. The van der Waals surface area contributed by atoms with Gasteiger partial charge in [-0.3, -0.25) is 0 Å². The van der Waals surface area contributed by atoms with Crippen LogP contribution in [0.4, 0.5) is 5.13 Å². The number of hydrogen-bond donors (Lipinski definition) is 0. The van der Waals surface area contributed by atoms with E-state index in [1.807, 2.05) is 73.6 Å². The number of benzene rings is 2. The molecule has 0 fully saturated rings. The molecule has 0 unspecified atom stereocenters. The van der Waals surface area contributed by atoms with Gasteiger partial charge in [-0.15, -0.1) is 11.3 Å². The molecular formula is C17H16N2OS. The number of hydrogen-bond acceptors (Lipinski definition) is 4. The summed E-state index contributed by atoms with van der Waals surface area (Å²) in [5.74, 6) is 1.67. The van der Waals surface area contributed by atoms with Gasteiger partial charge in [0.2, 0.25) is 0 Å². The maximum absolute atomic E-state index is 5.79. The SMILES string of the molecule is CN(C)c1nc(-c2ccc(Oc3ccccc3)cc2)cs1. The van der Waals surface area contributed by atoms with Crippen LogP contribution in [0.1, 0.15) is 0 Å². The number of ether oxygens (including phenoxy) is 1. The first kappa shape index (κ1) is 13.6. The quantitative estimate of drug-likeness (QED) is 0.699. The Morgan fingerprint density at radius 3 is 2.19 bits per heavy atom. The molecule has 0 N–H and O–H groups in total. The Bertz CT molecular complexity index is 705. The first-order valence-electron chi connectivity index (χ1n) is 6.68. The normalized spacial score (nSPS) is 10.4. The lowest BCUT2D eigenvalue weighted by Gasteiger charge is -2.06. The molecule has 21 heavy (non-hydrogen) atoms. The highest BCUT2D eigenvalue weighted by Gasteiger charge is 2.06. The third-order valence-electron chi connectivity index (χ3n) is 3.00. The summed E-state index contributed by atoms with van der Waals surface area (Å²) in [6.45, 7) is 0. The van der Waals surface area contributed by atoms with Crippen molar-refractivity contribution < 1.29 is 4.74 Å². The topological polar surface area (TPSA) is 25.4 Å². The first-order chi connectivity index (χ1) is 10.2. The second-order valence-electron chi connectivity index (χ2n) is 4.85. The van der Waals surface area contributed by atoms with Gasteiger partial charge in [-0.25, -0.2) is 4.98 Å². The van der Waals surface area contributed by atoms with Crippen LogP contribution in [-0.4, -0.2) is 19.1 Å². The van der Waals surface area contributed by atoms with Crippen molar-refractivity contribution in [2.45, 2.75) is 0 Å². The van der Waals surface area contributed by atoms with Crippen molar-refractivity contribution in [1.29, 1.82) is 0 Å². The molecule has 0 saturated heterocycles. The fourth-order valence-corrected chi connectivity index (χ4v) is 2.69. The number of para-hydroxylation sites is 1. The summed E-state index contributed by atoms with van der Waals surface area (Å²) < 4.78 is 5.79. The largest absolute Gasteiger partial charge is 0.457 e. The van der Waals surface area contributed by atoms with Crippen LogP contribution >= 0.6 is 11.3 Å². The second kappa shape index (κ2) is 5.97. The van der Waals surface area contributed by atoms with Gasteiger partial charge in [0.25, 0.3) is 0 Å². The zero-order chi connectivity index (χ0) is 14.7. The van der Waals surface area contributed by atoms with Crippen molar-refractivity contribution in [3.05, 3.63) is 60.0 Å². The van der Waals surface area contributed by atoms with Gasteiger partial charge in [0.05, 0.1) is 5.69 Å². The van der Waals surface area contributed by atoms with Crippen LogP contribution < -0.4 is 9.64 Å². The molecule has 0 bridgehead atoms. The zero-order valence-electron chi connectivity index (χ0n) is 12.0. The summed E-state index contributed by atoms with van der Waals surface area (Å²) >= 11 is 1.64. The lowest BCUT2D eigenvalue weighted by Crippen LogP contribution is -2.07. The maximum Gasteiger partial charge on any atom is 0.185 e. The molecule has 0 aliphatic heterocycles. The van der Waals surface area contributed by atoms with E-state index < -0.39 is 0 Å². The van der Waals surface area contributed by atoms with E-state index in [9.17, 15) is 0 Å². The van der Waals surface area contributed by atoms with Gasteiger partial charge in [0.15, 0.2) is 5.13 Å². The molecule has 0 spiro atoms. The average molecular weight is 296 g/mol. The highest BCUT2D eigenvalue weighted by Crippen LogP contribution is 2.28. The van der Waals surface area contributed by atoms with Gasteiger partial charge >= 0.3 is 0 Å². The van der Waals surface area contributed by atoms with Crippen LogP contribution in [0.2, 0.25) is 0 Å². The van der Waals surface area contributed by atoms with Crippen molar-refractivity contribution in [2.24, 2.45) is 0 Å². The molecule has 1 heterocycles. The summed E-state index contributed by atoms with van der Waals surface area (Å²) in [4.78, 5) is 6.61. The van der Waals surface area contributed by atoms with Crippen molar-refractivity contribution >= 4 is 16.5 Å². The number of aromatic nitrogens is 1. The van der Waals surface area contributed by atoms with E-state index >= 15 is 0 Å². The molecule has 0 aliphatic carbocycles. The van der Waals surface area contributed by atoms with Crippen molar-refractivity contribution in [2.75, 3.05) is 19.0 Å². The minimum Gasteiger partial charge on any atom is -0.457 e. The predicted octanol–water partition coefficient (Wildman–Crippen LogP) is 4.67. The Morgan fingerprint density at radius 2 is 1.57 bits per heavy atom. The van der Waals surface area contributed by atoms with Crippen LogP contribution in [0, 0.1) is 0 Å². The summed E-state index contributed by atoms with van der Waals surface area (Å²) in [5.41, 5.74) is 2.09. The standard InChI is InChI=1S/C17H16N2OS/c1-19(2)17-18-16(12-21-17)13-8-10-15(11-9-13)20-14-6-4-3-5-7-14/h3-12H,1-2H3. The minimum absolute atomic E-state index is 0.827. The summed E-state index contributed by atoms with van der Waals surface area (Å²) in [7, 11) is 4.00. The van der Waals surface area contributed by atoms with Gasteiger partial charge in [-0.1, -0.05) is 18.2 Å². The van der Waals surface area contributed by atoms with Gasteiger partial charge in [-0.2, -0.15) is 0 Å². The maximum atomic E-state index is 5.79. The molecule has 0 aliphatic rings. The fourth-order valence-electron chi connectivity index (χ4n) is 1.92. The highest BCUT2D eigenvalue weighted by molar-refractivity contribution is 7.14. The molecule has 0 saturated carbocycles. The van der Waals surface area contributed by atoms with Crippen molar-refractivity contribution in [3.63, 3.8) is 0 Å². The van der Waals surface area contributed by atoms with E-state index in [0.717, 1.165) is 27.9 Å². The zero-order valence-corrected chi connectivity index (χ0v) is 12.8. The minimum atomic E-state index is 0.827. The van der Waals surface area contributed by atoms with Crippen LogP contribution in [0.3, 0.4) is 0 Å². The number of rotatable bonds is 4. The molecular weight excluding hydrogens is 280 g/mol. The van der Waals surface area contributed by atoms with Crippen LogP contribution in [0.5, 0.6) is 11.5 Å². The third-order valence-corrected chi connectivity index (χ3v) is 4.01. The molecule has 0 amide bonds. The predicted molar refractivity (Wildman–Crippen MR) is 88.4 cm³/mol. The number of thiazole rings is 1. The molecule has 3 nitrogen and oxygen atoms in total. The summed E-state index contributed by atoms with van der Waals surface area (Å²) in [5, 5.41) is 3.08. The van der Waals surface area contributed by atoms with Crippen LogP contribution in [0.25, 0.3) is 11.3 Å². The van der Waals surface area contributed by atoms with Gasteiger partial charge in [0, 0.05) is 25.0 Å². The van der Waals surface area contributed by atoms with E-state index in [1.54, 1.807) is 11.3 Å². The molecule has 2 aromatic carbocycles. The molecule has 3 rings (SSSR count). The smallest absolute Gasteiger partial charge is 0.185 e. The Hall–Kier alpha value is -2.33. The number of anilines is 1. The molecule has 3 aromatic rings.